The predicted molar refractivity (Wildman–Crippen MR) is 93.4 cm³/mol. The van der Waals surface area contributed by atoms with Crippen LogP contribution in [0.1, 0.15) is 21.6 Å². The summed E-state index contributed by atoms with van der Waals surface area (Å²) in [5.41, 5.74) is 3.43. The van der Waals surface area contributed by atoms with Gasteiger partial charge in [-0.3, -0.25) is 14.8 Å². The molecule has 0 spiro atoms. The quantitative estimate of drug-likeness (QED) is 0.733. The average Bonchev–Trinajstić information content (AvgIpc) is 2.66. The molecule has 0 saturated carbocycles. The Morgan fingerprint density at radius 3 is 2.42 bits per heavy atom. The zero-order valence-corrected chi connectivity index (χ0v) is 13.1. The van der Waals surface area contributed by atoms with E-state index in [0.29, 0.717) is 18.8 Å². The first kappa shape index (κ1) is 15.7. The van der Waals surface area contributed by atoms with Gasteiger partial charge >= 0.3 is 0 Å². The van der Waals surface area contributed by atoms with E-state index in [9.17, 15) is 4.79 Å². The third-order valence-electron chi connectivity index (χ3n) is 3.53. The fourth-order valence-electron chi connectivity index (χ4n) is 2.24. The van der Waals surface area contributed by atoms with Gasteiger partial charge in [0, 0.05) is 37.4 Å². The summed E-state index contributed by atoms with van der Waals surface area (Å²) in [5, 5.41) is 6.16. The third-order valence-corrected chi connectivity index (χ3v) is 3.53. The molecule has 2 heterocycles. The standard InChI is InChI=1S/C19H18N4O/c24-19(23-14-16-6-9-20-10-7-16)18-12-17(8-11-21-18)22-13-15-4-2-1-3-5-15/h1-12H,13-14H2,(H,21,22)(H,23,24). The molecule has 0 aliphatic heterocycles. The van der Waals surface area contributed by atoms with Gasteiger partial charge in [-0.25, -0.2) is 0 Å². The number of amides is 1. The monoisotopic (exact) mass is 318 g/mol. The molecule has 1 amide bonds. The lowest BCUT2D eigenvalue weighted by Gasteiger charge is -2.09. The smallest absolute Gasteiger partial charge is 0.270 e. The van der Waals surface area contributed by atoms with Crippen molar-refractivity contribution in [2.75, 3.05) is 5.32 Å². The molecular formula is C19H18N4O. The average molecular weight is 318 g/mol. The predicted octanol–water partition coefficient (Wildman–Crippen LogP) is 3.02. The Bertz CT molecular complexity index is 791. The number of hydrogen-bond donors (Lipinski definition) is 2. The van der Waals surface area contributed by atoms with E-state index in [2.05, 4.69) is 32.7 Å². The van der Waals surface area contributed by atoms with E-state index in [-0.39, 0.29) is 5.91 Å². The molecule has 0 bridgehead atoms. The topological polar surface area (TPSA) is 66.9 Å². The summed E-state index contributed by atoms with van der Waals surface area (Å²) in [4.78, 5) is 20.3. The summed E-state index contributed by atoms with van der Waals surface area (Å²) in [5.74, 6) is -0.199. The molecule has 0 radical (unpaired) electrons. The Morgan fingerprint density at radius 1 is 0.875 bits per heavy atom. The van der Waals surface area contributed by atoms with Gasteiger partial charge in [-0.2, -0.15) is 0 Å². The molecule has 3 aromatic rings. The van der Waals surface area contributed by atoms with Crippen LogP contribution in [0.5, 0.6) is 0 Å². The molecule has 2 aromatic heterocycles. The Hall–Kier alpha value is -3.21. The van der Waals surface area contributed by atoms with Gasteiger partial charge in [0.05, 0.1) is 0 Å². The molecule has 0 aliphatic carbocycles. The van der Waals surface area contributed by atoms with Crippen LogP contribution in [0.15, 0.2) is 73.2 Å². The van der Waals surface area contributed by atoms with Crippen molar-refractivity contribution in [2.45, 2.75) is 13.1 Å². The first-order chi connectivity index (χ1) is 11.8. The van der Waals surface area contributed by atoms with Gasteiger partial charge in [0.1, 0.15) is 5.69 Å². The van der Waals surface area contributed by atoms with E-state index >= 15 is 0 Å². The van der Waals surface area contributed by atoms with E-state index in [0.717, 1.165) is 11.3 Å². The van der Waals surface area contributed by atoms with E-state index in [1.807, 2.05) is 36.4 Å². The van der Waals surface area contributed by atoms with Gasteiger partial charge in [0.15, 0.2) is 0 Å². The minimum atomic E-state index is -0.199. The first-order valence-electron chi connectivity index (χ1n) is 7.72. The van der Waals surface area contributed by atoms with E-state index < -0.39 is 0 Å². The van der Waals surface area contributed by atoms with Crippen molar-refractivity contribution in [1.82, 2.24) is 15.3 Å². The lowest BCUT2D eigenvalue weighted by atomic mass is 10.2. The van der Waals surface area contributed by atoms with Crippen LogP contribution in [0.3, 0.4) is 0 Å². The van der Waals surface area contributed by atoms with E-state index in [1.165, 1.54) is 5.56 Å². The fourth-order valence-corrected chi connectivity index (χ4v) is 2.24. The number of aromatic nitrogens is 2. The van der Waals surface area contributed by atoms with Crippen molar-refractivity contribution in [3.8, 4) is 0 Å². The number of carbonyl (C=O) groups is 1. The second-order valence-corrected chi connectivity index (χ2v) is 5.31. The van der Waals surface area contributed by atoms with Crippen LogP contribution in [-0.4, -0.2) is 15.9 Å². The summed E-state index contributed by atoms with van der Waals surface area (Å²) >= 11 is 0. The van der Waals surface area contributed by atoms with Crippen LogP contribution in [0.2, 0.25) is 0 Å². The number of carbonyl (C=O) groups excluding carboxylic acids is 1. The SMILES string of the molecule is O=C(NCc1ccncc1)c1cc(NCc2ccccc2)ccn1. The van der Waals surface area contributed by atoms with Gasteiger partial charge in [-0.15, -0.1) is 0 Å². The number of hydrogen-bond acceptors (Lipinski definition) is 4. The highest BCUT2D eigenvalue weighted by atomic mass is 16.1. The molecule has 3 rings (SSSR count). The van der Waals surface area contributed by atoms with Crippen LogP contribution in [-0.2, 0) is 13.1 Å². The molecule has 120 valence electrons. The lowest BCUT2D eigenvalue weighted by Crippen LogP contribution is -2.23. The number of nitrogens with zero attached hydrogens (tertiary/aromatic N) is 2. The van der Waals surface area contributed by atoms with Crippen molar-refractivity contribution in [3.63, 3.8) is 0 Å². The van der Waals surface area contributed by atoms with Crippen LogP contribution in [0, 0.1) is 0 Å². The molecular weight excluding hydrogens is 300 g/mol. The van der Waals surface area contributed by atoms with Crippen molar-refractivity contribution in [1.29, 1.82) is 0 Å². The molecule has 1 aromatic carbocycles. The zero-order valence-electron chi connectivity index (χ0n) is 13.1. The van der Waals surface area contributed by atoms with Gasteiger partial charge in [-0.1, -0.05) is 30.3 Å². The molecule has 2 N–H and O–H groups in total. The number of anilines is 1. The highest BCUT2D eigenvalue weighted by molar-refractivity contribution is 5.93. The van der Waals surface area contributed by atoms with E-state index in [1.54, 1.807) is 24.7 Å². The van der Waals surface area contributed by atoms with Crippen molar-refractivity contribution in [3.05, 3.63) is 90.0 Å². The second kappa shape index (κ2) is 7.87. The first-order valence-corrected chi connectivity index (χ1v) is 7.72. The van der Waals surface area contributed by atoms with Crippen molar-refractivity contribution < 1.29 is 4.79 Å². The Labute approximate surface area is 140 Å². The van der Waals surface area contributed by atoms with Gasteiger partial charge < -0.3 is 10.6 Å². The summed E-state index contributed by atoms with van der Waals surface area (Å²) in [6.45, 7) is 1.15. The normalized spacial score (nSPS) is 10.2. The third kappa shape index (κ3) is 4.39. The molecule has 0 aliphatic rings. The molecule has 0 atom stereocenters. The molecule has 5 heteroatoms. The molecule has 0 saturated heterocycles. The Balaban J connectivity index is 1.59. The molecule has 0 fully saturated rings. The maximum atomic E-state index is 12.2. The van der Waals surface area contributed by atoms with E-state index in [4.69, 9.17) is 0 Å². The minimum absolute atomic E-state index is 0.199. The second-order valence-electron chi connectivity index (χ2n) is 5.31. The fraction of sp³-hybridized carbons (Fsp3) is 0.105. The van der Waals surface area contributed by atoms with Gasteiger partial charge in [0.2, 0.25) is 0 Å². The zero-order chi connectivity index (χ0) is 16.6. The van der Waals surface area contributed by atoms with Crippen LogP contribution < -0.4 is 10.6 Å². The maximum Gasteiger partial charge on any atom is 0.270 e. The largest absolute Gasteiger partial charge is 0.381 e. The minimum Gasteiger partial charge on any atom is -0.381 e. The highest BCUT2D eigenvalue weighted by Gasteiger charge is 2.07. The summed E-state index contributed by atoms with van der Waals surface area (Å²) in [6, 6.07) is 17.4. The Kier molecular flexibility index (Phi) is 5.14. The summed E-state index contributed by atoms with van der Waals surface area (Å²) in [7, 11) is 0. The number of rotatable bonds is 6. The van der Waals surface area contributed by atoms with Crippen LogP contribution in [0.25, 0.3) is 0 Å². The summed E-state index contributed by atoms with van der Waals surface area (Å²) < 4.78 is 0. The number of nitrogens with one attached hydrogen (secondary N) is 2. The highest BCUT2D eigenvalue weighted by Crippen LogP contribution is 2.10. The van der Waals surface area contributed by atoms with Crippen LogP contribution >= 0.6 is 0 Å². The van der Waals surface area contributed by atoms with Crippen molar-refractivity contribution in [2.24, 2.45) is 0 Å². The molecule has 5 nitrogen and oxygen atoms in total. The molecule has 0 unspecified atom stereocenters. The van der Waals surface area contributed by atoms with Crippen LogP contribution in [0.4, 0.5) is 5.69 Å². The Morgan fingerprint density at radius 2 is 1.62 bits per heavy atom. The van der Waals surface area contributed by atoms with Gasteiger partial charge in [0.25, 0.3) is 5.91 Å². The lowest BCUT2D eigenvalue weighted by molar-refractivity contribution is 0.0946. The maximum absolute atomic E-state index is 12.2. The number of pyridine rings is 2. The number of benzene rings is 1. The van der Waals surface area contributed by atoms with Crippen molar-refractivity contribution >= 4 is 11.6 Å². The molecule has 24 heavy (non-hydrogen) atoms. The summed E-state index contributed by atoms with van der Waals surface area (Å²) in [6.07, 6.45) is 5.04. The van der Waals surface area contributed by atoms with Gasteiger partial charge in [-0.05, 0) is 35.4 Å².